The third kappa shape index (κ3) is 7.42. The van der Waals surface area contributed by atoms with Gasteiger partial charge in [-0.25, -0.2) is 0 Å². The minimum Gasteiger partial charge on any atom is -0.119 e. The van der Waals surface area contributed by atoms with Crippen molar-refractivity contribution in [2.24, 2.45) is 0 Å². The van der Waals surface area contributed by atoms with E-state index in [1.807, 2.05) is 6.92 Å². The molecule has 0 fully saturated rings. The second-order valence-corrected chi connectivity index (χ2v) is 6.22. The Morgan fingerprint density at radius 3 is 2.30 bits per heavy atom. The van der Waals surface area contributed by atoms with Gasteiger partial charge in [-0.05, 0) is 5.75 Å². The molecule has 0 aliphatic carbocycles. The third-order valence-corrected chi connectivity index (χ3v) is 2.30. The number of alkyl halides is 3. The van der Waals surface area contributed by atoms with Gasteiger partial charge < -0.3 is 0 Å². The fourth-order valence-corrected chi connectivity index (χ4v) is 2.46. The van der Waals surface area contributed by atoms with Crippen LogP contribution in [0.1, 0.15) is 13.3 Å². The molecule has 0 bridgehead atoms. The van der Waals surface area contributed by atoms with Gasteiger partial charge in [0.05, 0.1) is 4.20 Å². The Morgan fingerprint density at radius 1 is 1.50 bits per heavy atom. The van der Waals surface area contributed by atoms with Crippen molar-refractivity contribution in [2.75, 3.05) is 5.75 Å². The van der Waals surface area contributed by atoms with Gasteiger partial charge >= 0.3 is 0 Å². The monoisotopic (exact) mass is 236 g/mol. The Balaban J connectivity index is 3.58. The lowest BCUT2D eigenvalue weighted by molar-refractivity contribution is 1.16. The molecule has 0 spiro atoms. The summed E-state index contributed by atoms with van der Waals surface area (Å²) in [5.74, 6) is 0.930. The van der Waals surface area contributed by atoms with Gasteiger partial charge in [-0.3, -0.25) is 0 Å². The summed E-state index contributed by atoms with van der Waals surface area (Å²) in [6, 6.07) is 0. The predicted octanol–water partition coefficient (Wildman–Crippen LogP) is 3.83. The van der Waals surface area contributed by atoms with Gasteiger partial charge in [-0.2, -0.15) is 0 Å². The number of hydrogen-bond acceptors (Lipinski definition) is 2. The molecule has 0 rings (SSSR count). The molecule has 0 N–H and O–H groups in total. The van der Waals surface area contributed by atoms with Crippen molar-refractivity contribution >= 4 is 63.0 Å². The molecule has 0 aromatic rings. The summed E-state index contributed by atoms with van der Waals surface area (Å²) in [6.07, 6.45) is 0.353. The molecular weight excluding hydrogens is 231 g/mol. The maximum absolute atomic E-state index is 5.49. The molecule has 0 aromatic heterocycles. The maximum Gasteiger partial charge on any atom is 0.195 e. The molecule has 0 saturated carbocycles. The van der Waals surface area contributed by atoms with Gasteiger partial charge in [-0.15, -0.1) is 11.8 Å². The smallest absolute Gasteiger partial charge is 0.119 e. The van der Waals surface area contributed by atoms with Crippen molar-refractivity contribution in [3.63, 3.8) is 0 Å². The standard InChI is InChI=1S/C5H7Cl3S2/c1-2-10-4(9)3-5(6,7)8/h2-3H2,1H3. The van der Waals surface area contributed by atoms with E-state index in [0.717, 1.165) is 9.95 Å². The van der Waals surface area contributed by atoms with Crippen LogP contribution < -0.4 is 0 Å². The van der Waals surface area contributed by atoms with Crippen LogP contribution in [0.2, 0.25) is 0 Å². The maximum atomic E-state index is 5.49. The molecule has 0 unspecified atom stereocenters. The van der Waals surface area contributed by atoms with E-state index in [1.165, 1.54) is 11.8 Å². The molecule has 0 radical (unpaired) electrons. The van der Waals surface area contributed by atoms with Gasteiger partial charge in [-0.1, -0.05) is 53.9 Å². The molecule has 5 heteroatoms. The van der Waals surface area contributed by atoms with Gasteiger partial charge in [0.25, 0.3) is 0 Å². The normalized spacial score (nSPS) is 11.6. The van der Waals surface area contributed by atoms with Gasteiger partial charge in [0.2, 0.25) is 0 Å². The highest BCUT2D eigenvalue weighted by Crippen LogP contribution is 2.32. The fourth-order valence-electron chi connectivity index (χ4n) is 0.376. The van der Waals surface area contributed by atoms with Crippen LogP contribution in [0.25, 0.3) is 0 Å². The zero-order valence-corrected chi connectivity index (χ0v) is 9.27. The van der Waals surface area contributed by atoms with E-state index < -0.39 is 3.79 Å². The van der Waals surface area contributed by atoms with E-state index in [4.69, 9.17) is 47.0 Å². The third-order valence-electron chi connectivity index (χ3n) is 0.650. The van der Waals surface area contributed by atoms with E-state index >= 15 is 0 Å². The molecule has 0 aliphatic heterocycles. The zero-order chi connectivity index (χ0) is 8.20. The first-order chi connectivity index (χ1) is 4.45. The van der Waals surface area contributed by atoms with Crippen LogP contribution in [0.5, 0.6) is 0 Å². The number of hydrogen-bond donors (Lipinski definition) is 0. The summed E-state index contributed by atoms with van der Waals surface area (Å²) in [5, 5.41) is 0. The van der Waals surface area contributed by atoms with Crippen LogP contribution in [-0.2, 0) is 0 Å². The van der Waals surface area contributed by atoms with Crippen LogP contribution in [0.3, 0.4) is 0 Å². The van der Waals surface area contributed by atoms with Gasteiger partial charge in [0.15, 0.2) is 3.79 Å². The number of thiocarbonyl (C=S) groups is 1. The van der Waals surface area contributed by atoms with Crippen molar-refractivity contribution in [2.45, 2.75) is 17.1 Å². The first kappa shape index (κ1) is 11.3. The van der Waals surface area contributed by atoms with Crippen LogP contribution in [0.15, 0.2) is 0 Å². The fraction of sp³-hybridized carbons (Fsp3) is 0.800. The van der Waals surface area contributed by atoms with Crippen molar-refractivity contribution in [1.82, 2.24) is 0 Å². The largest absolute Gasteiger partial charge is 0.195 e. The summed E-state index contributed by atoms with van der Waals surface area (Å²) >= 11 is 22.9. The summed E-state index contributed by atoms with van der Waals surface area (Å²) < 4.78 is -0.471. The highest BCUT2D eigenvalue weighted by molar-refractivity contribution is 8.23. The van der Waals surface area contributed by atoms with Crippen LogP contribution >= 0.6 is 58.8 Å². The Kier molecular flexibility index (Phi) is 5.71. The Hall–Kier alpha value is 1.31. The average Bonchev–Trinajstić information content (AvgIpc) is 1.59. The molecule has 10 heavy (non-hydrogen) atoms. The SMILES string of the molecule is CCSC(=S)CC(Cl)(Cl)Cl. The minimum atomic E-state index is -1.22. The Labute approximate surface area is 85.6 Å². The minimum absolute atomic E-state index is 0.353. The lowest BCUT2D eigenvalue weighted by atomic mass is 10.5. The lowest BCUT2D eigenvalue weighted by Crippen LogP contribution is -2.06. The number of halogens is 3. The van der Waals surface area contributed by atoms with Gasteiger partial charge in [0.1, 0.15) is 0 Å². The van der Waals surface area contributed by atoms with E-state index in [0.29, 0.717) is 6.42 Å². The van der Waals surface area contributed by atoms with E-state index in [9.17, 15) is 0 Å². The second-order valence-electron chi connectivity index (χ2n) is 1.60. The molecule has 0 nitrogen and oxygen atoms in total. The predicted molar refractivity (Wildman–Crippen MR) is 55.6 cm³/mol. The van der Waals surface area contributed by atoms with Crippen LogP contribution in [0.4, 0.5) is 0 Å². The van der Waals surface area contributed by atoms with Crippen molar-refractivity contribution in [3.8, 4) is 0 Å². The molecule has 60 valence electrons. The molecular formula is C5H7Cl3S2. The second kappa shape index (κ2) is 5.04. The van der Waals surface area contributed by atoms with Crippen molar-refractivity contribution in [1.29, 1.82) is 0 Å². The summed E-state index contributed by atoms with van der Waals surface area (Å²) in [7, 11) is 0. The first-order valence-electron chi connectivity index (χ1n) is 2.68. The molecule has 0 heterocycles. The Bertz CT molecular complexity index is 119. The van der Waals surface area contributed by atoms with E-state index in [-0.39, 0.29) is 0 Å². The highest BCUT2D eigenvalue weighted by atomic mass is 35.6. The quantitative estimate of drug-likeness (QED) is 0.529. The summed E-state index contributed by atoms with van der Waals surface area (Å²) in [6.45, 7) is 2.01. The zero-order valence-electron chi connectivity index (χ0n) is 5.36. The average molecular weight is 238 g/mol. The van der Waals surface area contributed by atoms with Crippen molar-refractivity contribution in [3.05, 3.63) is 0 Å². The van der Waals surface area contributed by atoms with Gasteiger partial charge in [0, 0.05) is 6.42 Å². The molecule has 0 atom stereocenters. The first-order valence-corrected chi connectivity index (χ1v) is 5.21. The topological polar surface area (TPSA) is 0 Å². The number of rotatable bonds is 2. The summed E-state index contributed by atoms with van der Waals surface area (Å²) in [5.41, 5.74) is 0. The van der Waals surface area contributed by atoms with Crippen LogP contribution in [-0.4, -0.2) is 13.7 Å². The number of thioether (sulfide) groups is 1. The van der Waals surface area contributed by atoms with E-state index in [2.05, 4.69) is 0 Å². The summed E-state index contributed by atoms with van der Waals surface area (Å²) in [4.78, 5) is 0. The van der Waals surface area contributed by atoms with E-state index in [1.54, 1.807) is 0 Å². The highest BCUT2D eigenvalue weighted by Gasteiger charge is 2.21. The Morgan fingerprint density at radius 2 is 2.00 bits per heavy atom. The molecule has 0 amide bonds. The van der Waals surface area contributed by atoms with Crippen LogP contribution in [0, 0.1) is 0 Å². The lowest BCUT2D eigenvalue weighted by Gasteiger charge is -2.09. The molecule has 0 aromatic carbocycles. The van der Waals surface area contributed by atoms with Crippen molar-refractivity contribution < 1.29 is 0 Å². The molecule has 0 aliphatic rings. The molecule has 0 saturated heterocycles.